The van der Waals surface area contributed by atoms with Gasteiger partial charge in [0, 0.05) is 6.42 Å². The first-order chi connectivity index (χ1) is 11.4. The number of aliphatic hydroxyl groups excluding tert-OH is 1. The number of benzene rings is 1. The minimum Gasteiger partial charge on any atom is -0.410 e. The standard InChI is InChI=1S/C19H28O4SSi/c1-14-17(23-25(5,6)19(2,3)4)12-15(20)13-18(14)24(21,22)16-10-8-7-9-11-16/h7-11,13,15,17,20H,1,12H2,2-6H3/t15-,17-/m0/s1. The predicted octanol–water partition coefficient (Wildman–Crippen LogP) is 4.06. The van der Waals surface area contributed by atoms with Crippen LogP contribution in [0.4, 0.5) is 0 Å². The minimum absolute atomic E-state index is 0.0160. The summed E-state index contributed by atoms with van der Waals surface area (Å²) >= 11 is 0. The zero-order chi connectivity index (χ0) is 19.0. The molecule has 0 fully saturated rings. The van der Waals surface area contributed by atoms with E-state index >= 15 is 0 Å². The zero-order valence-corrected chi connectivity index (χ0v) is 17.4. The molecule has 25 heavy (non-hydrogen) atoms. The Morgan fingerprint density at radius 1 is 1.20 bits per heavy atom. The third-order valence-electron chi connectivity index (χ3n) is 5.09. The van der Waals surface area contributed by atoms with Crippen LogP contribution in [0.1, 0.15) is 27.2 Å². The summed E-state index contributed by atoms with van der Waals surface area (Å²) in [6.07, 6.45) is 0.359. The van der Waals surface area contributed by atoms with E-state index in [-0.39, 0.29) is 14.8 Å². The van der Waals surface area contributed by atoms with E-state index in [1.807, 2.05) is 0 Å². The van der Waals surface area contributed by atoms with Crippen molar-refractivity contribution in [2.24, 2.45) is 0 Å². The van der Waals surface area contributed by atoms with E-state index in [0.717, 1.165) is 0 Å². The molecule has 1 aromatic carbocycles. The van der Waals surface area contributed by atoms with Crippen LogP contribution >= 0.6 is 0 Å². The molecule has 2 atom stereocenters. The Morgan fingerprint density at radius 3 is 2.28 bits per heavy atom. The highest BCUT2D eigenvalue weighted by Gasteiger charge is 2.42. The van der Waals surface area contributed by atoms with Crippen LogP contribution < -0.4 is 0 Å². The zero-order valence-electron chi connectivity index (χ0n) is 15.6. The summed E-state index contributed by atoms with van der Waals surface area (Å²) in [5.74, 6) is 0. The van der Waals surface area contributed by atoms with Gasteiger partial charge < -0.3 is 9.53 Å². The molecule has 1 aliphatic carbocycles. The van der Waals surface area contributed by atoms with Gasteiger partial charge in [-0.15, -0.1) is 0 Å². The van der Waals surface area contributed by atoms with Crippen LogP contribution in [0.3, 0.4) is 0 Å². The van der Waals surface area contributed by atoms with Crippen molar-refractivity contribution in [3.05, 3.63) is 53.5 Å². The van der Waals surface area contributed by atoms with Gasteiger partial charge in [0.05, 0.1) is 22.0 Å². The molecule has 1 aliphatic rings. The van der Waals surface area contributed by atoms with Gasteiger partial charge in [-0.25, -0.2) is 8.42 Å². The number of rotatable bonds is 4. The van der Waals surface area contributed by atoms with Crippen molar-refractivity contribution in [1.82, 2.24) is 0 Å². The maximum absolute atomic E-state index is 13.0. The van der Waals surface area contributed by atoms with Crippen molar-refractivity contribution in [1.29, 1.82) is 0 Å². The molecule has 0 radical (unpaired) electrons. The minimum atomic E-state index is -3.73. The first-order valence-corrected chi connectivity index (χ1v) is 12.8. The van der Waals surface area contributed by atoms with Gasteiger partial charge in [-0.1, -0.05) is 45.5 Å². The quantitative estimate of drug-likeness (QED) is 0.800. The summed E-state index contributed by atoms with van der Waals surface area (Å²) in [6.45, 7) is 14.6. The summed E-state index contributed by atoms with van der Waals surface area (Å²) < 4.78 is 32.3. The first-order valence-electron chi connectivity index (χ1n) is 8.43. The monoisotopic (exact) mass is 380 g/mol. The lowest BCUT2D eigenvalue weighted by molar-refractivity contribution is 0.126. The number of hydrogen-bond donors (Lipinski definition) is 1. The van der Waals surface area contributed by atoms with Crippen LogP contribution in [-0.2, 0) is 14.3 Å². The Hall–Kier alpha value is -1.21. The Labute approximate surface area is 152 Å². The van der Waals surface area contributed by atoms with E-state index in [9.17, 15) is 13.5 Å². The van der Waals surface area contributed by atoms with E-state index in [4.69, 9.17) is 4.43 Å². The molecule has 0 aromatic heterocycles. The van der Waals surface area contributed by atoms with E-state index in [1.54, 1.807) is 30.3 Å². The topological polar surface area (TPSA) is 63.6 Å². The van der Waals surface area contributed by atoms with Crippen molar-refractivity contribution >= 4 is 18.2 Å². The molecule has 1 aromatic rings. The van der Waals surface area contributed by atoms with Crippen molar-refractivity contribution in [2.45, 2.75) is 62.4 Å². The lowest BCUT2D eigenvalue weighted by Crippen LogP contribution is -2.46. The Morgan fingerprint density at radius 2 is 1.76 bits per heavy atom. The van der Waals surface area contributed by atoms with Gasteiger partial charge in [0.25, 0.3) is 0 Å². The van der Waals surface area contributed by atoms with Gasteiger partial charge in [0.1, 0.15) is 0 Å². The van der Waals surface area contributed by atoms with Gasteiger partial charge in [-0.05, 0) is 41.9 Å². The normalized spacial score (nSPS) is 22.6. The SMILES string of the molecule is C=C1C(S(=O)(=O)c2ccccc2)=C[C@@H](O)C[C@@H]1O[Si](C)(C)C(C)(C)C. The van der Waals surface area contributed by atoms with E-state index in [0.29, 0.717) is 12.0 Å². The van der Waals surface area contributed by atoms with Crippen molar-refractivity contribution in [3.63, 3.8) is 0 Å². The van der Waals surface area contributed by atoms with Crippen molar-refractivity contribution in [2.75, 3.05) is 0 Å². The van der Waals surface area contributed by atoms with E-state index < -0.39 is 30.4 Å². The number of aliphatic hydroxyl groups is 1. The summed E-state index contributed by atoms with van der Waals surface area (Å²) in [7, 11) is -5.86. The summed E-state index contributed by atoms with van der Waals surface area (Å²) in [4.78, 5) is 0.267. The molecule has 0 saturated carbocycles. The second-order valence-electron chi connectivity index (χ2n) is 8.04. The van der Waals surface area contributed by atoms with Gasteiger partial charge in [-0.2, -0.15) is 0 Å². The molecular weight excluding hydrogens is 352 g/mol. The van der Waals surface area contributed by atoms with E-state index in [1.165, 1.54) is 6.08 Å². The summed E-state index contributed by atoms with van der Waals surface area (Å²) in [5, 5.41) is 10.2. The largest absolute Gasteiger partial charge is 0.410 e. The van der Waals surface area contributed by atoms with Crippen LogP contribution in [0.15, 0.2) is 58.4 Å². The van der Waals surface area contributed by atoms with Crippen LogP contribution in [-0.4, -0.2) is 34.0 Å². The smallest absolute Gasteiger partial charge is 0.206 e. The second kappa shape index (κ2) is 6.83. The average Bonchev–Trinajstić information content (AvgIpc) is 2.50. The van der Waals surface area contributed by atoms with Crippen LogP contribution in [0.5, 0.6) is 0 Å². The molecule has 0 spiro atoms. The van der Waals surface area contributed by atoms with Crippen LogP contribution in [0.2, 0.25) is 18.1 Å². The molecule has 6 heteroatoms. The summed E-state index contributed by atoms with van der Waals surface area (Å²) in [6, 6.07) is 8.22. The Bertz CT molecular complexity index is 773. The fourth-order valence-electron chi connectivity index (χ4n) is 2.51. The number of hydrogen-bond acceptors (Lipinski definition) is 4. The van der Waals surface area contributed by atoms with Gasteiger partial charge in [0.2, 0.25) is 9.84 Å². The molecule has 0 unspecified atom stereocenters. The Balaban J connectivity index is 2.38. The fourth-order valence-corrected chi connectivity index (χ4v) is 5.40. The van der Waals surface area contributed by atoms with Gasteiger partial charge in [0.15, 0.2) is 8.32 Å². The first kappa shape index (κ1) is 20.1. The second-order valence-corrected chi connectivity index (χ2v) is 14.7. The van der Waals surface area contributed by atoms with E-state index in [2.05, 4.69) is 40.4 Å². The molecule has 0 saturated heterocycles. The van der Waals surface area contributed by atoms with Gasteiger partial charge in [-0.3, -0.25) is 0 Å². The number of sulfone groups is 1. The highest BCUT2D eigenvalue weighted by molar-refractivity contribution is 7.95. The molecule has 0 amide bonds. The van der Waals surface area contributed by atoms with Crippen molar-refractivity contribution < 1.29 is 18.0 Å². The fraction of sp³-hybridized carbons (Fsp3) is 0.474. The Kier molecular flexibility index (Phi) is 5.49. The maximum atomic E-state index is 13.0. The predicted molar refractivity (Wildman–Crippen MR) is 104 cm³/mol. The molecule has 2 rings (SSSR count). The highest BCUT2D eigenvalue weighted by Crippen LogP contribution is 2.41. The maximum Gasteiger partial charge on any atom is 0.206 e. The van der Waals surface area contributed by atoms with Gasteiger partial charge >= 0.3 is 0 Å². The average molecular weight is 381 g/mol. The third kappa shape index (κ3) is 4.14. The molecule has 138 valence electrons. The lowest BCUT2D eigenvalue weighted by Gasteiger charge is -2.41. The molecule has 1 N–H and O–H groups in total. The van der Waals surface area contributed by atoms with Crippen LogP contribution in [0.25, 0.3) is 0 Å². The molecule has 0 aliphatic heterocycles. The molecule has 0 bridgehead atoms. The highest BCUT2D eigenvalue weighted by atomic mass is 32.2. The molecular formula is C19H28O4SSi. The molecule has 4 nitrogen and oxygen atoms in total. The summed E-state index contributed by atoms with van der Waals surface area (Å²) in [5.41, 5.74) is 0.430. The lowest BCUT2D eigenvalue weighted by atomic mass is 9.98. The third-order valence-corrected chi connectivity index (χ3v) is 11.4. The van der Waals surface area contributed by atoms with Crippen molar-refractivity contribution in [3.8, 4) is 0 Å². The van der Waals surface area contributed by atoms with Crippen LogP contribution in [0, 0.1) is 0 Å². The molecule has 0 heterocycles.